The van der Waals surface area contributed by atoms with Crippen molar-refractivity contribution in [1.29, 1.82) is 0 Å². The molecule has 1 aromatic rings. The van der Waals surface area contributed by atoms with Crippen molar-refractivity contribution in [2.75, 3.05) is 17.6 Å². The number of nitrogens with one attached hydrogen (secondary N) is 1. The Hall–Kier alpha value is -0.0500. The highest BCUT2D eigenvalue weighted by Gasteiger charge is 1.97. The van der Waals surface area contributed by atoms with Crippen LogP contribution in [0, 0.1) is 0 Å². The van der Waals surface area contributed by atoms with E-state index in [4.69, 9.17) is 23.2 Å². The van der Waals surface area contributed by atoms with Gasteiger partial charge in [-0.2, -0.15) is 12.6 Å². The minimum atomic E-state index is 0.581. The second-order valence-corrected chi connectivity index (χ2v) is 3.89. The van der Waals surface area contributed by atoms with Crippen LogP contribution in [-0.2, 0) is 0 Å². The van der Waals surface area contributed by atoms with Gasteiger partial charge in [0.05, 0.1) is 10.0 Å². The van der Waals surface area contributed by atoms with Crippen LogP contribution >= 0.6 is 35.8 Å². The van der Waals surface area contributed by atoms with Crippen LogP contribution in [-0.4, -0.2) is 12.3 Å². The molecule has 0 aliphatic carbocycles. The fourth-order valence-corrected chi connectivity index (χ4v) is 1.37. The molecule has 0 heterocycles. The molecule has 0 aliphatic heterocycles. The fraction of sp³-hybridized carbons (Fsp3) is 0.333. The van der Waals surface area contributed by atoms with Crippen molar-refractivity contribution in [1.82, 2.24) is 0 Å². The van der Waals surface area contributed by atoms with Crippen molar-refractivity contribution in [3.05, 3.63) is 28.2 Å². The lowest BCUT2D eigenvalue weighted by Gasteiger charge is -2.05. The fourth-order valence-electron chi connectivity index (χ4n) is 0.918. The van der Waals surface area contributed by atoms with Gasteiger partial charge in [0.15, 0.2) is 0 Å². The van der Waals surface area contributed by atoms with E-state index in [1.807, 2.05) is 12.1 Å². The van der Waals surface area contributed by atoms with Crippen LogP contribution in [0.3, 0.4) is 0 Å². The molecule has 4 heteroatoms. The summed E-state index contributed by atoms with van der Waals surface area (Å²) >= 11 is 15.7. The predicted molar refractivity (Wildman–Crippen MR) is 63.4 cm³/mol. The summed E-state index contributed by atoms with van der Waals surface area (Å²) in [6.45, 7) is 0.904. The molecule has 0 amide bonds. The zero-order chi connectivity index (χ0) is 9.68. The van der Waals surface area contributed by atoms with E-state index in [-0.39, 0.29) is 0 Å². The first-order valence-electron chi connectivity index (χ1n) is 4.04. The van der Waals surface area contributed by atoms with Gasteiger partial charge >= 0.3 is 0 Å². The van der Waals surface area contributed by atoms with Crippen molar-refractivity contribution < 1.29 is 0 Å². The predicted octanol–water partition coefficient (Wildman–Crippen LogP) is 3.73. The summed E-state index contributed by atoms with van der Waals surface area (Å²) in [5.41, 5.74) is 0.996. The molecule has 1 aromatic carbocycles. The molecule has 0 aliphatic rings. The van der Waals surface area contributed by atoms with E-state index in [2.05, 4.69) is 17.9 Å². The molecular weight excluding hydrogens is 225 g/mol. The van der Waals surface area contributed by atoms with E-state index in [0.717, 1.165) is 24.4 Å². The lowest BCUT2D eigenvalue weighted by molar-refractivity contribution is 0.995. The molecule has 0 saturated carbocycles. The largest absolute Gasteiger partial charge is 0.385 e. The van der Waals surface area contributed by atoms with Gasteiger partial charge in [-0.25, -0.2) is 0 Å². The topological polar surface area (TPSA) is 12.0 Å². The van der Waals surface area contributed by atoms with Crippen LogP contribution in [0.25, 0.3) is 0 Å². The lowest BCUT2D eigenvalue weighted by atomic mass is 10.3. The Balaban J connectivity index is 2.53. The van der Waals surface area contributed by atoms with Crippen LogP contribution in [0.15, 0.2) is 18.2 Å². The van der Waals surface area contributed by atoms with Crippen molar-refractivity contribution in [3.63, 3.8) is 0 Å². The monoisotopic (exact) mass is 235 g/mol. The summed E-state index contributed by atoms with van der Waals surface area (Å²) in [5, 5.41) is 4.39. The first kappa shape index (κ1) is 11.0. The number of benzene rings is 1. The van der Waals surface area contributed by atoms with Crippen molar-refractivity contribution >= 4 is 41.5 Å². The maximum atomic E-state index is 5.84. The molecule has 0 aromatic heterocycles. The average molecular weight is 236 g/mol. The summed E-state index contributed by atoms with van der Waals surface area (Å²) in [6, 6.07) is 5.52. The molecule has 0 saturated heterocycles. The van der Waals surface area contributed by atoms with Crippen LogP contribution in [0.2, 0.25) is 10.0 Å². The Labute approximate surface area is 93.8 Å². The van der Waals surface area contributed by atoms with Crippen LogP contribution in [0.4, 0.5) is 5.69 Å². The maximum absolute atomic E-state index is 5.84. The molecule has 1 rings (SSSR count). The molecule has 0 radical (unpaired) electrons. The Morgan fingerprint density at radius 3 is 2.62 bits per heavy atom. The second kappa shape index (κ2) is 5.63. The normalized spacial score (nSPS) is 10.1. The summed E-state index contributed by atoms with van der Waals surface area (Å²) in [5.74, 6) is 0.883. The van der Waals surface area contributed by atoms with E-state index in [1.54, 1.807) is 6.07 Å². The molecule has 1 N–H and O–H groups in total. The van der Waals surface area contributed by atoms with Gasteiger partial charge in [-0.1, -0.05) is 23.2 Å². The first-order chi connectivity index (χ1) is 6.24. The number of hydrogen-bond donors (Lipinski definition) is 2. The third-order valence-electron chi connectivity index (χ3n) is 1.58. The van der Waals surface area contributed by atoms with E-state index in [1.165, 1.54) is 0 Å². The van der Waals surface area contributed by atoms with E-state index < -0.39 is 0 Å². The first-order valence-corrected chi connectivity index (χ1v) is 5.42. The number of anilines is 1. The van der Waals surface area contributed by atoms with Crippen molar-refractivity contribution in [2.24, 2.45) is 0 Å². The van der Waals surface area contributed by atoms with Crippen molar-refractivity contribution in [3.8, 4) is 0 Å². The quantitative estimate of drug-likeness (QED) is 0.599. The molecule has 0 bridgehead atoms. The molecule has 13 heavy (non-hydrogen) atoms. The Bertz CT molecular complexity index is 278. The second-order valence-electron chi connectivity index (χ2n) is 2.63. The van der Waals surface area contributed by atoms with Gasteiger partial charge in [0.2, 0.25) is 0 Å². The third-order valence-corrected chi connectivity index (χ3v) is 2.64. The van der Waals surface area contributed by atoms with Gasteiger partial charge in [0, 0.05) is 12.2 Å². The Morgan fingerprint density at radius 2 is 2.00 bits per heavy atom. The maximum Gasteiger partial charge on any atom is 0.0612 e. The number of halogens is 2. The average Bonchev–Trinajstić information content (AvgIpc) is 2.12. The summed E-state index contributed by atoms with van der Waals surface area (Å²) in [6.07, 6.45) is 1.03. The van der Waals surface area contributed by atoms with Crippen LogP contribution in [0.5, 0.6) is 0 Å². The highest BCUT2D eigenvalue weighted by atomic mass is 35.5. The highest BCUT2D eigenvalue weighted by molar-refractivity contribution is 7.80. The van der Waals surface area contributed by atoms with Gasteiger partial charge in [0.1, 0.15) is 0 Å². The third kappa shape index (κ3) is 3.67. The molecule has 72 valence electrons. The van der Waals surface area contributed by atoms with Gasteiger partial charge < -0.3 is 5.32 Å². The van der Waals surface area contributed by atoms with E-state index in [0.29, 0.717) is 10.0 Å². The van der Waals surface area contributed by atoms with Gasteiger partial charge in [-0.15, -0.1) is 0 Å². The SMILES string of the molecule is SCCCNc1ccc(Cl)c(Cl)c1. The summed E-state index contributed by atoms with van der Waals surface area (Å²) in [7, 11) is 0. The van der Waals surface area contributed by atoms with Gasteiger partial charge in [-0.3, -0.25) is 0 Å². The summed E-state index contributed by atoms with van der Waals surface area (Å²) < 4.78 is 0. The molecule has 0 unspecified atom stereocenters. The zero-order valence-corrected chi connectivity index (χ0v) is 9.46. The van der Waals surface area contributed by atoms with E-state index >= 15 is 0 Å². The van der Waals surface area contributed by atoms with Crippen molar-refractivity contribution in [2.45, 2.75) is 6.42 Å². The minimum Gasteiger partial charge on any atom is -0.385 e. The standard InChI is InChI=1S/C9H11Cl2NS/c10-8-3-2-7(6-9(8)11)12-4-1-5-13/h2-3,6,12-13H,1,4-5H2. The molecule has 0 spiro atoms. The minimum absolute atomic E-state index is 0.581. The zero-order valence-electron chi connectivity index (χ0n) is 7.06. The molecular formula is C9H11Cl2NS. The van der Waals surface area contributed by atoms with Crippen LogP contribution in [0.1, 0.15) is 6.42 Å². The number of hydrogen-bond acceptors (Lipinski definition) is 2. The molecule has 0 atom stereocenters. The number of thiol groups is 1. The van der Waals surface area contributed by atoms with Gasteiger partial charge in [-0.05, 0) is 30.4 Å². The molecule has 1 nitrogen and oxygen atoms in total. The Kier molecular flexibility index (Phi) is 4.78. The number of rotatable bonds is 4. The Morgan fingerprint density at radius 1 is 1.23 bits per heavy atom. The van der Waals surface area contributed by atoms with E-state index in [9.17, 15) is 0 Å². The summed E-state index contributed by atoms with van der Waals surface area (Å²) in [4.78, 5) is 0. The van der Waals surface area contributed by atoms with Gasteiger partial charge in [0.25, 0.3) is 0 Å². The smallest absolute Gasteiger partial charge is 0.0612 e. The lowest BCUT2D eigenvalue weighted by Crippen LogP contribution is -2.01. The molecule has 0 fully saturated rings. The highest BCUT2D eigenvalue weighted by Crippen LogP contribution is 2.24. The van der Waals surface area contributed by atoms with Crippen LogP contribution < -0.4 is 5.32 Å².